The van der Waals surface area contributed by atoms with Crippen molar-refractivity contribution in [2.24, 2.45) is 5.14 Å². The van der Waals surface area contributed by atoms with E-state index in [2.05, 4.69) is 4.72 Å². The van der Waals surface area contributed by atoms with Gasteiger partial charge in [-0.15, -0.1) is 0 Å². The lowest BCUT2D eigenvalue weighted by Crippen LogP contribution is -2.34. The van der Waals surface area contributed by atoms with E-state index >= 15 is 0 Å². The Hall–Kier alpha value is -1.00. The molecule has 1 rings (SSSR count). The number of sulfonamides is 2. The van der Waals surface area contributed by atoms with Gasteiger partial charge in [0.25, 0.3) is 0 Å². The molecule has 9 heteroatoms. The van der Waals surface area contributed by atoms with Crippen LogP contribution in [0.4, 0.5) is 0 Å². The summed E-state index contributed by atoms with van der Waals surface area (Å²) in [6.07, 6.45) is -0.405. The van der Waals surface area contributed by atoms with Gasteiger partial charge < -0.3 is 5.11 Å². The third-order valence-electron chi connectivity index (χ3n) is 2.50. The Balaban J connectivity index is 3.05. The minimum absolute atomic E-state index is 0.193. The fraction of sp³-hybridized carbons (Fsp3) is 0.455. The van der Waals surface area contributed by atoms with E-state index in [1.165, 1.54) is 18.2 Å². The van der Waals surface area contributed by atoms with Crippen LogP contribution in [0.15, 0.2) is 34.1 Å². The van der Waals surface area contributed by atoms with Crippen molar-refractivity contribution in [3.05, 3.63) is 24.3 Å². The van der Waals surface area contributed by atoms with Crippen LogP contribution in [0.3, 0.4) is 0 Å². The number of primary sulfonamides is 1. The molecule has 0 aliphatic heterocycles. The van der Waals surface area contributed by atoms with Crippen molar-refractivity contribution in [2.45, 2.75) is 42.2 Å². The molecule has 0 fully saturated rings. The van der Waals surface area contributed by atoms with E-state index in [1.54, 1.807) is 13.8 Å². The summed E-state index contributed by atoms with van der Waals surface area (Å²) in [5, 5.41) is 14.2. The lowest BCUT2D eigenvalue weighted by Gasteiger charge is -2.15. The van der Waals surface area contributed by atoms with Crippen LogP contribution in [0.5, 0.6) is 0 Å². The van der Waals surface area contributed by atoms with E-state index in [1.807, 2.05) is 0 Å². The number of benzene rings is 1. The number of hydrogen-bond acceptors (Lipinski definition) is 5. The Morgan fingerprint density at radius 2 is 1.75 bits per heavy atom. The van der Waals surface area contributed by atoms with Gasteiger partial charge in [0, 0.05) is 6.04 Å². The summed E-state index contributed by atoms with van der Waals surface area (Å²) >= 11 is 0. The first-order valence-electron chi connectivity index (χ1n) is 5.85. The highest BCUT2D eigenvalue weighted by Gasteiger charge is 2.20. The molecule has 0 saturated heterocycles. The van der Waals surface area contributed by atoms with E-state index in [-0.39, 0.29) is 16.2 Å². The maximum atomic E-state index is 12.1. The van der Waals surface area contributed by atoms with E-state index < -0.39 is 32.2 Å². The molecule has 20 heavy (non-hydrogen) atoms. The van der Waals surface area contributed by atoms with Gasteiger partial charge in [-0.2, -0.15) is 0 Å². The van der Waals surface area contributed by atoms with Crippen molar-refractivity contribution >= 4 is 20.0 Å². The molecule has 2 atom stereocenters. The number of rotatable bonds is 6. The second kappa shape index (κ2) is 6.19. The SMILES string of the molecule is CC(O)CC(C)NS(=O)(=O)c1cccc(S(N)(=O)=O)c1. The normalized spacial score (nSPS) is 15.8. The van der Waals surface area contributed by atoms with Crippen molar-refractivity contribution in [2.75, 3.05) is 0 Å². The van der Waals surface area contributed by atoms with Gasteiger partial charge in [-0.3, -0.25) is 0 Å². The Kier molecular flexibility index (Phi) is 5.27. The van der Waals surface area contributed by atoms with Crippen LogP contribution in [0.25, 0.3) is 0 Å². The quantitative estimate of drug-likeness (QED) is 0.667. The zero-order valence-electron chi connectivity index (χ0n) is 11.1. The number of hydrogen-bond donors (Lipinski definition) is 3. The van der Waals surface area contributed by atoms with Crippen LogP contribution in [0, 0.1) is 0 Å². The molecule has 2 unspecified atom stereocenters. The Morgan fingerprint density at radius 3 is 2.25 bits per heavy atom. The van der Waals surface area contributed by atoms with Crippen LogP contribution in [-0.2, 0) is 20.0 Å². The molecule has 0 saturated carbocycles. The molecule has 0 radical (unpaired) electrons. The molecule has 0 amide bonds. The standard InChI is InChI=1S/C11H18N2O5S2/c1-8(6-9(2)14)13-20(17,18)11-5-3-4-10(7-11)19(12,15)16/h3-5,7-9,13-14H,6H2,1-2H3,(H2,12,15,16). The summed E-state index contributed by atoms with van der Waals surface area (Å²) in [5.41, 5.74) is 0. The van der Waals surface area contributed by atoms with Gasteiger partial charge in [-0.1, -0.05) is 6.07 Å². The first kappa shape index (κ1) is 17.1. The molecule has 0 aliphatic carbocycles. The Morgan fingerprint density at radius 1 is 1.20 bits per heavy atom. The number of nitrogens with two attached hydrogens (primary N) is 1. The molecule has 0 aromatic heterocycles. The monoisotopic (exact) mass is 322 g/mol. The van der Waals surface area contributed by atoms with Crippen LogP contribution < -0.4 is 9.86 Å². The van der Waals surface area contributed by atoms with Gasteiger partial charge in [0.15, 0.2) is 0 Å². The average Bonchev–Trinajstić information content (AvgIpc) is 2.26. The second-order valence-electron chi connectivity index (χ2n) is 4.63. The first-order valence-corrected chi connectivity index (χ1v) is 8.88. The lowest BCUT2D eigenvalue weighted by molar-refractivity contribution is 0.175. The second-order valence-corrected chi connectivity index (χ2v) is 7.90. The van der Waals surface area contributed by atoms with Crippen molar-refractivity contribution < 1.29 is 21.9 Å². The Bertz CT molecular complexity index is 668. The molecule has 1 aromatic carbocycles. The van der Waals surface area contributed by atoms with Crippen molar-refractivity contribution in [1.29, 1.82) is 0 Å². The number of aliphatic hydroxyl groups is 1. The molecular formula is C11H18N2O5S2. The minimum Gasteiger partial charge on any atom is -0.393 e. The van der Waals surface area contributed by atoms with Crippen molar-refractivity contribution in [1.82, 2.24) is 4.72 Å². The predicted octanol–water partition coefficient (Wildman–Crippen LogP) is -0.228. The van der Waals surface area contributed by atoms with E-state index in [0.29, 0.717) is 0 Å². The van der Waals surface area contributed by atoms with Gasteiger partial charge in [-0.25, -0.2) is 26.7 Å². The largest absolute Gasteiger partial charge is 0.393 e. The molecule has 0 heterocycles. The highest BCUT2D eigenvalue weighted by atomic mass is 32.2. The fourth-order valence-corrected chi connectivity index (χ4v) is 3.65. The third-order valence-corrected chi connectivity index (χ3v) is 4.99. The van der Waals surface area contributed by atoms with Gasteiger partial charge in [-0.05, 0) is 38.5 Å². The smallest absolute Gasteiger partial charge is 0.240 e. The molecule has 0 aliphatic rings. The van der Waals surface area contributed by atoms with Gasteiger partial charge in [0.05, 0.1) is 15.9 Å². The van der Waals surface area contributed by atoms with E-state index in [0.717, 1.165) is 6.07 Å². The van der Waals surface area contributed by atoms with E-state index in [9.17, 15) is 21.9 Å². The summed E-state index contributed by atoms with van der Waals surface area (Å²) in [7, 11) is -7.83. The summed E-state index contributed by atoms with van der Waals surface area (Å²) in [5.74, 6) is 0. The van der Waals surface area contributed by atoms with Crippen LogP contribution in [-0.4, -0.2) is 34.1 Å². The molecular weight excluding hydrogens is 304 g/mol. The number of aliphatic hydroxyl groups excluding tert-OH is 1. The molecule has 4 N–H and O–H groups in total. The summed E-state index contributed by atoms with van der Waals surface area (Å²) in [6, 6.07) is 4.29. The molecule has 0 spiro atoms. The zero-order chi connectivity index (χ0) is 15.6. The van der Waals surface area contributed by atoms with Crippen molar-refractivity contribution in [3.8, 4) is 0 Å². The molecule has 114 valence electrons. The number of nitrogens with one attached hydrogen (secondary N) is 1. The maximum absolute atomic E-state index is 12.1. The van der Waals surface area contributed by atoms with Crippen LogP contribution >= 0.6 is 0 Å². The predicted molar refractivity (Wildman–Crippen MR) is 73.9 cm³/mol. The lowest BCUT2D eigenvalue weighted by atomic mass is 10.2. The summed E-state index contributed by atoms with van der Waals surface area (Å²) in [6.45, 7) is 3.15. The van der Waals surface area contributed by atoms with E-state index in [4.69, 9.17) is 5.14 Å². The van der Waals surface area contributed by atoms with Crippen LogP contribution in [0.1, 0.15) is 20.3 Å². The average molecular weight is 322 g/mol. The van der Waals surface area contributed by atoms with Gasteiger partial charge >= 0.3 is 0 Å². The van der Waals surface area contributed by atoms with Gasteiger partial charge in [0.2, 0.25) is 20.0 Å². The summed E-state index contributed by atoms with van der Waals surface area (Å²) in [4.78, 5) is -0.468. The highest BCUT2D eigenvalue weighted by Crippen LogP contribution is 2.15. The first-order chi connectivity index (χ1) is 9.02. The Labute approximate surface area is 118 Å². The minimum atomic E-state index is -3.97. The maximum Gasteiger partial charge on any atom is 0.240 e. The van der Waals surface area contributed by atoms with Gasteiger partial charge in [0.1, 0.15) is 0 Å². The fourth-order valence-electron chi connectivity index (χ4n) is 1.71. The molecule has 7 nitrogen and oxygen atoms in total. The molecule has 1 aromatic rings. The third kappa shape index (κ3) is 4.84. The topological polar surface area (TPSA) is 127 Å². The summed E-state index contributed by atoms with van der Waals surface area (Å²) < 4.78 is 48.9. The highest BCUT2D eigenvalue weighted by molar-refractivity contribution is 7.90. The molecule has 0 bridgehead atoms. The van der Waals surface area contributed by atoms with Crippen molar-refractivity contribution in [3.63, 3.8) is 0 Å². The zero-order valence-corrected chi connectivity index (χ0v) is 12.8. The van der Waals surface area contributed by atoms with Crippen LogP contribution in [0.2, 0.25) is 0 Å².